The Morgan fingerprint density at radius 1 is 1.17 bits per heavy atom. The summed E-state index contributed by atoms with van der Waals surface area (Å²) in [6.45, 7) is 4.52. The fourth-order valence-electron chi connectivity index (χ4n) is 2.95. The number of ether oxygens (including phenoxy) is 2. The first-order chi connectivity index (χ1) is 13.9. The first-order valence-electron chi connectivity index (χ1n) is 9.12. The first kappa shape index (κ1) is 20.9. The fraction of sp³-hybridized carbons (Fsp3) is 0.273. The molecule has 29 heavy (non-hydrogen) atoms. The minimum Gasteiger partial charge on any atom is -0.493 e. The Hall–Kier alpha value is -2.80. The number of carbonyl (C=O) groups is 1. The maximum Gasteiger partial charge on any atom is 0.254 e. The number of nitrogens with zero attached hydrogens (tertiary/aromatic N) is 2. The second-order valence-electron chi connectivity index (χ2n) is 6.71. The van der Waals surface area contributed by atoms with Crippen molar-refractivity contribution in [3.63, 3.8) is 0 Å². The van der Waals surface area contributed by atoms with Crippen molar-refractivity contribution >= 4 is 21.8 Å². The summed E-state index contributed by atoms with van der Waals surface area (Å²) < 4.78 is 17.5. The second kappa shape index (κ2) is 9.13. The number of methoxy groups -OCH3 is 1. The summed E-state index contributed by atoms with van der Waals surface area (Å²) in [6.07, 6.45) is 0. The standard InChI is InChI=1S/C22H23BrN2O4/c1-14-18(15(2)29-24-14)13-28-20-10-9-16(11-21(20)27-4)22(26)25(3)12-17-7-5-6-8-19(17)23/h5-11H,12-13H2,1-4H3. The summed E-state index contributed by atoms with van der Waals surface area (Å²) in [5.74, 6) is 1.67. The predicted octanol–water partition coefficient (Wildman–Crippen LogP) is 4.91. The van der Waals surface area contributed by atoms with E-state index in [-0.39, 0.29) is 5.91 Å². The molecule has 1 amide bonds. The lowest BCUT2D eigenvalue weighted by molar-refractivity contribution is 0.0784. The molecule has 0 radical (unpaired) electrons. The van der Waals surface area contributed by atoms with Crippen LogP contribution in [0.2, 0.25) is 0 Å². The lowest BCUT2D eigenvalue weighted by Gasteiger charge is -2.19. The van der Waals surface area contributed by atoms with Crippen molar-refractivity contribution in [2.24, 2.45) is 0 Å². The van der Waals surface area contributed by atoms with Gasteiger partial charge in [0.05, 0.1) is 18.4 Å². The van der Waals surface area contributed by atoms with Gasteiger partial charge in [0, 0.05) is 23.6 Å². The first-order valence-corrected chi connectivity index (χ1v) is 9.91. The maximum absolute atomic E-state index is 12.9. The fourth-order valence-corrected chi connectivity index (χ4v) is 3.36. The van der Waals surface area contributed by atoms with Crippen LogP contribution in [0.25, 0.3) is 0 Å². The number of carbonyl (C=O) groups excluding carboxylic acids is 1. The molecule has 0 fully saturated rings. The molecule has 0 N–H and O–H groups in total. The monoisotopic (exact) mass is 458 g/mol. The van der Waals surface area contributed by atoms with E-state index in [1.54, 1.807) is 37.3 Å². The molecule has 1 aromatic heterocycles. The van der Waals surface area contributed by atoms with Crippen LogP contribution in [0.4, 0.5) is 0 Å². The zero-order chi connectivity index (χ0) is 21.0. The van der Waals surface area contributed by atoms with Crippen molar-refractivity contribution in [3.8, 4) is 11.5 Å². The number of rotatable bonds is 7. The number of halogens is 1. The topological polar surface area (TPSA) is 64.8 Å². The van der Waals surface area contributed by atoms with E-state index >= 15 is 0 Å². The third-order valence-electron chi connectivity index (χ3n) is 4.68. The highest BCUT2D eigenvalue weighted by Gasteiger charge is 2.17. The molecule has 7 heteroatoms. The molecule has 3 rings (SSSR count). The van der Waals surface area contributed by atoms with E-state index in [0.717, 1.165) is 27.1 Å². The molecule has 0 aliphatic heterocycles. The van der Waals surface area contributed by atoms with Crippen molar-refractivity contribution in [2.45, 2.75) is 27.0 Å². The van der Waals surface area contributed by atoms with Gasteiger partial charge in [0.15, 0.2) is 11.5 Å². The summed E-state index contributed by atoms with van der Waals surface area (Å²) in [5.41, 5.74) is 3.26. The molecule has 2 aromatic carbocycles. The van der Waals surface area contributed by atoms with Gasteiger partial charge < -0.3 is 18.9 Å². The third-order valence-corrected chi connectivity index (χ3v) is 5.45. The van der Waals surface area contributed by atoms with Crippen LogP contribution in [0.3, 0.4) is 0 Å². The molecule has 152 valence electrons. The number of benzene rings is 2. The smallest absolute Gasteiger partial charge is 0.254 e. The molecule has 0 aliphatic carbocycles. The summed E-state index contributed by atoms with van der Waals surface area (Å²) in [4.78, 5) is 14.5. The average molecular weight is 459 g/mol. The molecular weight excluding hydrogens is 436 g/mol. The van der Waals surface area contributed by atoms with Gasteiger partial charge in [-0.2, -0.15) is 0 Å². The van der Waals surface area contributed by atoms with Gasteiger partial charge in [0.1, 0.15) is 12.4 Å². The average Bonchev–Trinajstić information content (AvgIpc) is 3.04. The molecule has 0 bridgehead atoms. The van der Waals surface area contributed by atoms with Gasteiger partial charge in [0.25, 0.3) is 5.91 Å². The van der Waals surface area contributed by atoms with E-state index < -0.39 is 0 Å². The largest absolute Gasteiger partial charge is 0.493 e. The van der Waals surface area contributed by atoms with Crippen molar-refractivity contribution in [3.05, 3.63) is 75.1 Å². The lowest BCUT2D eigenvalue weighted by Crippen LogP contribution is -2.26. The number of aromatic nitrogens is 1. The SMILES string of the molecule is COc1cc(C(=O)N(C)Cc2ccccc2Br)ccc1OCc1c(C)noc1C. The van der Waals surface area contributed by atoms with E-state index in [1.165, 1.54) is 0 Å². The summed E-state index contributed by atoms with van der Waals surface area (Å²) in [5, 5.41) is 3.93. The Bertz CT molecular complexity index is 996. The van der Waals surface area contributed by atoms with Crippen LogP contribution in [0, 0.1) is 13.8 Å². The van der Waals surface area contributed by atoms with Gasteiger partial charge in [-0.05, 0) is 43.7 Å². The van der Waals surface area contributed by atoms with E-state index in [9.17, 15) is 4.79 Å². The van der Waals surface area contributed by atoms with Crippen LogP contribution in [-0.4, -0.2) is 30.1 Å². The molecular formula is C22H23BrN2O4. The Kier molecular flexibility index (Phi) is 6.59. The molecule has 0 unspecified atom stereocenters. The molecule has 0 spiro atoms. The van der Waals surface area contributed by atoms with Crippen LogP contribution in [-0.2, 0) is 13.2 Å². The predicted molar refractivity (Wildman–Crippen MR) is 113 cm³/mol. The van der Waals surface area contributed by atoms with Crippen LogP contribution in [0.1, 0.15) is 32.9 Å². The maximum atomic E-state index is 12.9. The third kappa shape index (κ3) is 4.79. The molecule has 0 saturated heterocycles. The van der Waals surface area contributed by atoms with Gasteiger partial charge in [-0.1, -0.05) is 39.3 Å². The van der Waals surface area contributed by atoms with E-state index in [0.29, 0.717) is 30.2 Å². The van der Waals surface area contributed by atoms with Crippen molar-refractivity contribution in [1.82, 2.24) is 10.1 Å². The van der Waals surface area contributed by atoms with E-state index in [1.807, 2.05) is 38.1 Å². The lowest BCUT2D eigenvalue weighted by atomic mass is 10.1. The number of amides is 1. The number of hydrogen-bond donors (Lipinski definition) is 0. The molecule has 3 aromatic rings. The van der Waals surface area contributed by atoms with Gasteiger partial charge in [-0.3, -0.25) is 4.79 Å². The van der Waals surface area contributed by atoms with Crippen molar-refractivity contribution < 1.29 is 18.8 Å². The number of aryl methyl sites for hydroxylation is 2. The summed E-state index contributed by atoms with van der Waals surface area (Å²) in [6, 6.07) is 13.0. The molecule has 6 nitrogen and oxygen atoms in total. The highest BCUT2D eigenvalue weighted by Crippen LogP contribution is 2.30. The van der Waals surface area contributed by atoms with Gasteiger partial charge in [0.2, 0.25) is 0 Å². The van der Waals surface area contributed by atoms with E-state index in [2.05, 4.69) is 21.1 Å². The van der Waals surface area contributed by atoms with Crippen molar-refractivity contribution in [2.75, 3.05) is 14.2 Å². The Balaban J connectivity index is 1.73. The summed E-state index contributed by atoms with van der Waals surface area (Å²) >= 11 is 3.52. The molecule has 0 saturated carbocycles. The zero-order valence-electron chi connectivity index (χ0n) is 16.9. The second-order valence-corrected chi connectivity index (χ2v) is 7.56. The highest BCUT2D eigenvalue weighted by atomic mass is 79.9. The van der Waals surface area contributed by atoms with Gasteiger partial charge >= 0.3 is 0 Å². The normalized spacial score (nSPS) is 10.7. The molecule has 0 atom stereocenters. The minimum atomic E-state index is -0.101. The summed E-state index contributed by atoms with van der Waals surface area (Å²) in [7, 11) is 3.33. The van der Waals surface area contributed by atoms with Gasteiger partial charge in [-0.15, -0.1) is 0 Å². The quantitative estimate of drug-likeness (QED) is 0.502. The highest BCUT2D eigenvalue weighted by molar-refractivity contribution is 9.10. The van der Waals surface area contributed by atoms with Crippen LogP contribution in [0.15, 0.2) is 51.5 Å². The zero-order valence-corrected chi connectivity index (χ0v) is 18.4. The molecule has 1 heterocycles. The molecule has 0 aliphatic rings. The van der Waals surface area contributed by atoms with Crippen molar-refractivity contribution in [1.29, 1.82) is 0 Å². The Labute approximate surface area is 178 Å². The number of hydrogen-bond acceptors (Lipinski definition) is 5. The van der Waals surface area contributed by atoms with E-state index in [4.69, 9.17) is 14.0 Å². The van der Waals surface area contributed by atoms with Crippen LogP contribution < -0.4 is 9.47 Å². The van der Waals surface area contributed by atoms with Crippen LogP contribution >= 0.6 is 15.9 Å². The van der Waals surface area contributed by atoms with Gasteiger partial charge in [-0.25, -0.2) is 0 Å². The Morgan fingerprint density at radius 3 is 2.59 bits per heavy atom. The minimum absolute atomic E-state index is 0.101. The van der Waals surface area contributed by atoms with Crippen LogP contribution in [0.5, 0.6) is 11.5 Å². The Morgan fingerprint density at radius 2 is 1.93 bits per heavy atom.